The summed E-state index contributed by atoms with van der Waals surface area (Å²) >= 11 is 0. The molecule has 0 saturated heterocycles. The van der Waals surface area contributed by atoms with Gasteiger partial charge in [0.05, 0.1) is 11.9 Å². The average molecular weight is 275 g/mol. The summed E-state index contributed by atoms with van der Waals surface area (Å²) in [4.78, 5) is 19.3. The highest BCUT2D eigenvalue weighted by Gasteiger charge is 2.09. The molecular formula is C15H18FN3O. The molecule has 0 radical (unpaired) electrons. The lowest BCUT2D eigenvalue weighted by atomic mass is 10.1. The molecule has 0 unspecified atom stereocenters. The van der Waals surface area contributed by atoms with E-state index >= 15 is 0 Å². The number of likely N-dealkylation sites (N-methyl/N-ethyl adjacent to an activating group) is 1. The van der Waals surface area contributed by atoms with Crippen molar-refractivity contribution in [3.63, 3.8) is 0 Å². The zero-order valence-electron chi connectivity index (χ0n) is 11.7. The Balaban J connectivity index is 3.17. The zero-order valence-corrected chi connectivity index (χ0v) is 11.7. The van der Waals surface area contributed by atoms with Gasteiger partial charge in [0.1, 0.15) is 11.5 Å². The molecule has 5 heteroatoms. The second kappa shape index (κ2) is 7.99. The van der Waals surface area contributed by atoms with E-state index < -0.39 is 0 Å². The Morgan fingerprint density at radius 3 is 2.70 bits per heavy atom. The molecule has 0 aromatic heterocycles. The minimum absolute atomic E-state index is 0.0949. The molecule has 4 nitrogen and oxygen atoms in total. The van der Waals surface area contributed by atoms with Gasteiger partial charge in [0.25, 0.3) is 5.91 Å². The first-order valence-electron chi connectivity index (χ1n) is 6.34. The van der Waals surface area contributed by atoms with Gasteiger partial charge in [0.2, 0.25) is 0 Å². The topological polar surface area (TPSA) is 53.8 Å². The van der Waals surface area contributed by atoms with Crippen molar-refractivity contribution < 1.29 is 9.18 Å². The van der Waals surface area contributed by atoms with Gasteiger partial charge in [0.15, 0.2) is 0 Å². The molecule has 1 aromatic rings. The molecule has 0 saturated carbocycles. The van der Waals surface area contributed by atoms with Crippen LogP contribution >= 0.6 is 0 Å². The number of rotatable bonds is 6. The van der Waals surface area contributed by atoms with Crippen LogP contribution in [0.5, 0.6) is 0 Å². The number of nitrogens with zero attached hydrogens (tertiary/aromatic N) is 2. The predicted molar refractivity (Wildman–Crippen MR) is 79.5 cm³/mol. The summed E-state index contributed by atoms with van der Waals surface area (Å²) in [7, 11) is 1.49. The first-order chi connectivity index (χ1) is 9.63. The number of carbonyl (C=O) groups is 1. The first-order valence-corrected chi connectivity index (χ1v) is 6.34. The maximum absolute atomic E-state index is 13.8. The van der Waals surface area contributed by atoms with Crippen LogP contribution in [0.3, 0.4) is 0 Å². The van der Waals surface area contributed by atoms with E-state index in [1.54, 1.807) is 18.2 Å². The molecular weight excluding hydrogens is 257 g/mol. The normalized spacial score (nSPS) is 12.2. The number of halogens is 1. The lowest BCUT2D eigenvalue weighted by Gasteiger charge is -2.06. The van der Waals surface area contributed by atoms with Crippen molar-refractivity contribution in [2.24, 2.45) is 9.98 Å². The van der Waals surface area contributed by atoms with E-state index in [2.05, 4.69) is 22.0 Å². The Bertz CT molecular complexity index is 550. The van der Waals surface area contributed by atoms with E-state index in [4.69, 9.17) is 0 Å². The van der Waals surface area contributed by atoms with Crippen molar-refractivity contribution in [3.05, 3.63) is 47.5 Å². The minimum atomic E-state index is -0.381. The quantitative estimate of drug-likeness (QED) is 0.630. The van der Waals surface area contributed by atoms with Crippen LogP contribution in [0.2, 0.25) is 0 Å². The summed E-state index contributed by atoms with van der Waals surface area (Å²) in [5.74, 6) is -0.714. The van der Waals surface area contributed by atoms with Crippen LogP contribution in [0.15, 0.2) is 46.1 Å². The van der Waals surface area contributed by atoms with Crippen molar-refractivity contribution >= 4 is 18.3 Å². The van der Waals surface area contributed by atoms with Crippen molar-refractivity contribution in [3.8, 4) is 0 Å². The maximum Gasteiger partial charge on any atom is 0.271 e. The fraction of sp³-hybridized carbons (Fsp3) is 0.267. The Labute approximate surface area is 118 Å². The molecule has 0 heterocycles. The number of aliphatic imine (C=N–C) groups is 2. The number of hydrogen-bond acceptors (Lipinski definition) is 3. The van der Waals surface area contributed by atoms with Crippen LogP contribution in [-0.4, -0.2) is 25.4 Å². The van der Waals surface area contributed by atoms with Crippen LogP contribution < -0.4 is 5.32 Å². The maximum atomic E-state index is 13.8. The van der Waals surface area contributed by atoms with Gasteiger partial charge in [-0.1, -0.05) is 31.5 Å². The molecule has 0 atom stereocenters. The lowest BCUT2D eigenvalue weighted by molar-refractivity contribution is -0.117. The summed E-state index contributed by atoms with van der Waals surface area (Å²) in [5.41, 5.74) is 1.11. The standard InChI is InChI=1S/C15H18FN3O/c1-4-7-13(11-8-5-6-9-12(11)16)19-10-14(17-2)15(20)18-3/h5-6,8-10H,2,4,7H2,1,3H3,(H,18,20)/b14-10-,19-13?. The molecule has 20 heavy (non-hydrogen) atoms. The van der Waals surface area contributed by atoms with Gasteiger partial charge < -0.3 is 5.32 Å². The van der Waals surface area contributed by atoms with E-state index in [-0.39, 0.29) is 17.4 Å². The lowest BCUT2D eigenvalue weighted by Crippen LogP contribution is -2.19. The van der Waals surface area contributed by atoms with Crippen molar-refractivity contribution in [1.29, 1.82) is 0 Å². The molecule has 0 aliphatic heterocycles. The number of hydrogen-bond donors (Lipinski definition) is 1. The predicted octanol–water partition coefficient (Wildman–Crippen LogP) is 2.70. The van der Waals surface area contributed by atoms with Gasteiger partial charge in [-0.25, -0.2) is 4.39 Å². The highest BCUT2D eigenvalue weighted by atomic mass is 19.1. The number of nitrogens with one attached hydrogen (secondary N) is 1. The summed E-state index contributed by atoms with van der Waals surface area (Å²) < 4.78 is 13.8. The molecule has 106 valence electrons. The van der Waals surface area contributed by atoms with Crippen molar-refractivity contribution in [2.75, 3.05) is 7.05 Å². The Morgan fingerprint density at radius 1 is 1.45 bits per heavy atom. The molecule has 0 spiro atoms. The summed E-state index contributed by atoms with van der Waals surface area (Å²) in [6.45, 7) is 5.30. The average Bonchev–Trinajstić information content (AvgIpc) is 2.47. The molecule has 1 N–H and O–H groups in total. The molecule has 0 aliphatic rings. The molecule has 1 rings (SSSR count). The summed E-state index contributed by atoms with van der Waals surface area (Å²) in [5, 5.41) is 2.44. The highest BCUT2D eigenvalue weighted by Crippen LogP contribution is 2.12. The fourth-order valence-electron chi connectivity index (χ4n) is 1.64. The third kappa shape index (κ3) is 4.12. The fourth-order valence-corrected chi connectivity index (χ4v) is 1.64. The van der Waals surface area contributed by atoms with Crippen LogP contribution in [0.4, 0.5) is 4.39 Å². The van der Waals surface area contributed by atoms with Crippen LogP contribution in [-0.2, 0) is 4.79 Å². The molecule has 1 aromatic carbocycles. The van der Waals surface area contributed by atoms with Gasteiger partial charge in [0, 0.05) is 12.6 Å². The van der Waals surface area contributed by atoms with E-state index in [0.29, 0.717) is 17.7 Å². The smallest absolute Gasteiger partial charge is 0.271 e. The second-order valence-corrected chi connectivity index (χ2v) is 4.06. The SMILES string of the molecule is C=N/C(=C\N=C(CCC)c1ccccc1F)C(=O)NC. The molecule has 0 bridgehead atoms. The number of benzene rings is 1. The van der Waals surface area contributed by atoms with Crippen molar-refractivity contribution in [1.82, 2.24) is 5.32 Å². The monoisotopic (exact) mass is 275 g/mol. The molecule has 0 aliphatic carbocycles. The second-order valence-electron chi connectivity index (χ2n) is 4.06. The Kier molecular flexibility index (Phi) is 6.29. The Morgan fingerprint density at radius 2 is 2.15 bits per heavy atom. The Hall–Kier alpha value is -2.30. The minimum Gasteiger partial charge on any atom is -0.354 e. The van der Waals surface area contributed by atoms with E-state index in [0.717, 1.165) is 6.42 Å². The molecule has 0 fully saturated rings. The third-order valence-corrected chi connectivity index (χ3v) is 2.64. The third-order valence-electron chi connectivity index (χ3n) is 2.64. The van der Waals surface area contributed by atoms with Gasteiger partial charge in [-0.15, -0.1) is 0 Å². The van der Waals surface area contributed by atoms with Gasteiger partial charge >= 0.3 is 0 Å². The number of amides is 1. The number of carbonyl (C=O) groups excluding carboxylic acids is 1. The summed E-state index contributed by atoms with van der Waals surface area (Å²) in [6.07, 6.45) is 2.73. The zero-order chi connectivity index (χ0) is 15.0. The van der Waals surface area contributed by atoms with Crippen LogP contribution in [0.1, 0.15) is 25.3 Å². The van der Waals surface area contributed by atoms with E-state index in [1.807, 2.05) is 6.92 Å². The van der Waals surface area contributed by atoms with Gasteiger partial charge in [-0.3, -0.25) is 14.8 Å². The van der Waals surface area contributed by atoms with Gasteiger partial charge in [-0.05, 0) is 19.2 Å². The largest absolute Gasteiger partial charge is 0.354 e. The van der Waals surface area contributed by atoms with Crippen LogP contribution in [0, 0.1) is 5.82 Å². The van der Waals surface area contributed by atoms with Crippen molar-refractivity contribution in [2.45, 2.75) is 19.8 Å². The van der Waals surface area contributed by atoms with Crippen LogP contribution in [0.25, 0.3) is 0 Å². The first kappa shape index (κ1) is 15.8. The van der Waals surface area contributed by atoms with E-state index in [9.17, 15) is 9.18 Å². The van der Waals surface area contributed by atoms with Gasteiger partial charge in [-0.2, -0.15) is 0 Å². The summed E-state index contributed by atoms with van der Waals surface area (Å²) in [6, 6.07) is 6.42. The highest BCUT2D eigenvalue weighted by molar-refractivity contribution is 6.01. The van der Waals surface area contributed by atoms with E-state index in [1.165, 1.54) is 19.3 Å². The molecule has 1 amide bonds.